The fraction of sp³-hybridized carbons (Fsp3) is 1.00. The van der Waals surface area contributed by atoms with Crippen LogP contribution in [0.5, 0.6) is 0 Å². The van der Waals surface area contributed by atoms with Gasteiger partial charge in [-0.1, -0.05) is 6.92 Å². The van der Waals surface area contributed by atoms with Crippen molar-refractivity contribution in [1.82, 2.24) is 15.1 Å². The molecule has 1 N–H and O–H groups in total. The molecule has 2 saturated heterocycles. The zero-order chi connectivity index (χ0) is 12.4. The Labute approximate surface area is 112 Å². The highest BCUT2D eigenvalue weighted by atomic mass is 15.3. The third-order valence-electron chi connectivity index (χ3n) is 4.97. The lowest BCUT2D eigenvalue weighted by atomic mass is 10.1. The number of piperazine rings is 1. The first-order chi connectivity index (χ1) is 8.86. The first-order valence-corrected chi connectivity index (χ1v) is 8.06. The monoisotopic (exact) mass is 251 g/mol. The first kappa shape index (κ1) is 12.9. The van der Waals surface area contributed by atoms with Crippen molar-refractivity contribution in [2.24, 2.45) is 5.92 Å². The molecule has 2 unspecified atom stereocenters. The van der Waals surface area contributed by atoms with E-state index in [0.717, 1.165) is 18.0 Å². The third-order valence-corrected chi connectivity index (χ3v) is 4.97. The fourth-order valence-electron chi connectivity index (χ4n) is 3.71. The molecule has 0 aromatic heterocycles. The summed E-state index contributed by atoms with van der Waals surface area (Å²) in [6, 6.07) is 1.66. The Bertz CT molecular complexity index is 264. The van der Waals surface area contributed by atoms with Gasteiger partial charge in [0.1, 0.15) is 0 Å². The summed E-state index contributed by atoms with van der Waals surface area (Å²) in [5, 5.41) is 3.78. The van der Waals surface area contributed by atoms with Crippen LogP contribution < -0.4 is 5.32 Å². The quantitative estimate of drug-likeness (QED) is 0.772. The highest BCUT2D eigenvalue weighted by Gasteiger charge is 2.35. The fourth-order valence-corrected chi connectivity index (χ4v) is 3.71. The van der Waals surface area contributed by atoms with E-state index in [2.05, 4.69) is 22.0 Å². The number of nitrogens with one attached hydrogen (secondary N) is 1. The van der Waals surface area contributed by atoms with E-state index < -0.39 is 0 Å². The Kier molecular flexibility index (Phi) is 4.22. The molecular formula is C15H29N3. The molecule has 1 saturated carbocycles. The van der Waals surface area contributed by atoms with Gasteiger partial charge in [0.25, 0.3) is 0 Å². The molecule has 0 aromatic rings. The first-order valence-electron chi connectivity index (χ1n) is 8.06. The summed E-state index contributed by atoms with van der Waals surface area (Å²) in [7, 11) is 0. The van der Waals surface area contributed by atoms with Crippen LogP contribution in [0.4, 0.5) is 0 Å². The predicted octanol–water partition coefficient (Wildman–Crippen LogP) is 1.54. The topological polar surface area (TPSA) is 18.5 Å². The van der Waals surface area contributed by atoms with E-state index in [-0.39, 0.29) is 0 Å². The summed E-state index contributed by atoms with van der Waals surface area (Å²) in [4.78, 5) is 5.44. The van der Waals surface area contributed by atoms with Gasteiger partial charge in [-0.3, -0.25) is 9.80 Å². The van der Waals surface area contributed by atoms with E-state index in [0.29, 0.717) is 0 Å². The summed E-state index contributed by atoms with van der Waals surface area (Å²) < 4.78 is 0. The standard InChI is InChI=1S/C15H29N3/c1-2-7-16-15(13-5-6-13)12-17-9-10-18-8-3-4-14(18)11-17/h13-16H,2-12H2,1H3. The van der Waals surface area contributed by atoms with Crippen LogP contribution in [0.1, 0.15) is 39.0 Å². The average molecular weight is 251 g/mol. The van der Waals surface area contributed by atoms with Gasteiger partial charge in [0.05, 0.1) is 0 Å². The Balaban J connectivity index is 1.48. The molecule has 0 amide bonds. The van der Waals surface area contributed by atoms with Crippen molar-refractivity contribution in [3.8, 4) is 0 Å². The molecule has 2 aliphatic heterocycles. The molecule has 3 heteroatoms. The Morgan fingerprint density at radius 3 is 2.83 bits per heavy atom. The van der Waals surface area contributed by atoms with Crippen LogP contribution in [0.25, 0.3) is 0 Å². The highest BCUT2D eigenvalue weighted by molar-refractivity contribution is 4.92. The Morgan fingerprint density at radius 1 is 1.17 bits per heavy atom. The largest absolute Gasteiger partial charge is 0.312 e. The van der Waals surface area contributed by atoms with Gasteiger partial charge in [-0.25, -0.2) is 0 Å². The number of fused-ring (bicyclic) bond motifs is 1. The number of nitrogens with zero attached hydrogens (tertiary/aromatic N) is 2. The van der Waals surface area contributed by atoms with Crippen LogP contribution >= 0.6 is 0 Å². The van der Waals surface area contributed by atoms with Gasteiger partial charge in [-0.15, -0.1) is 0 Å². The second-order valence-electron chi connectivity index (χ2n) is 6.49. The molecule has 3 rings (SSSR count). The van der Waals surface area contributed by atoms with Gasteiger partial charge in [0.15, 0.2) is 0 Å². The van der Waals surface area contributed by atoms with E-state index >= 15 is 0 Å². The molecule has 2 atom stereocenters. The molecule has 18 heavy (non-hydrogen) atoms. The molecule has 0 aromatic carbocycles. The molecule has 0 bridgehead atoms. The van der Waals surface area contributed by atoms with Crippen LogP contribution in [0.2, 0.25) is 0 Å². The smallest absolute Gasteiger partial charge is 0.0224 e. The molecule has 3 nitrogen and oxygen atoms in total. The van der Waals surface area contributed by atoms with Crippen LogP contribution in [-0.2, 0) is 0 Å². The minimum atomic E-state index is 0.776. The third kappa shape index (κ3) is 3.06. The molecule has 104 valence electrons. The summed E-state index contributed by atoms with van der Waals surface area (Å²) in [6.45, 7) is 10.1. The molecule has 1 aliphatic carbocycles. The normalized spacial score (nSPS) is 31.5. The molecule has 2 heterocycles. The van der Waals surface area contributed by atoms with E-state index in [1.165, 1.54) is 71.4 Å². The van der Waals surface area contributed by atoms with Gasteiger partial charge in [0.2, 0.25) is 0 Å². The van der Waals surface area contributed by atoms with Crippen molar-refractivity contribution in [2.45, 2.75) is 51.1 Å². The van der Waals surface area contributed by atoms with Gasteiger partial charge < -0.3 is 5.32 Å². The van der Waals surface area contributed by atoms with Gasteiger partial charge in [0, 0.05) is 38.3 Å². The molecule has 3 fully saturated rings. The summed E-state index contributed by atoms with van der Waals surface area (Å²) >= 11 is 0. The Morgan fingerprint density at radius 2 is 2.06 bits per heavy atom. The lowest BCUT2D eigenvalue weighted by Gasteiger charge is -2.39. The van der Waals surface area contributed by atoms with Crippen LogP contribution in [0.15, 0.2) is 0 Å². The lowest BCUT2D eigenvalue weighted by Crippen LogP contribution is -2.53. The van der Waals surface area contributed by atoms with Crippen molar-refractivity contribution < 1.29 is 0 Å². The summed E-state index contributed by atoms with van der Waals surface area (Å²) in [6.07, 6.45) is 7.06. The zero-order valence-electron chi connectivity index (χ0n) is 11.9. The van der Waals surface area contributed by atoms with Crippen LogP contribution in [0.3, 0.4) is 0 Å². The molecule has 3 aliphatic rings. The SMILES string of the molecule is CCCNC(CN1CCN2CCCC2C1)C1CC1. The van der Waals surface area contributed by atoms with E-state index in [1.54, 1.807) is 0 Å². The van der Waals surface area contributed by atoms with Crippen molar-refractivity contribution in [1.29, 1.82) is 0 Å². The van der Waals surface area contributed by atoms with E-state index in [1.807, 2.05) is 0 Å². The minimum Gasteiger partial charge on any atom is -0.312 e. The average Bonchev–Trinajstić information content (AvgIpc) is 3.12. The molecular weight excluding hydrogens is 222 g/mol. The summed E-state index contributed by atoms with van der Waals surface area (Å²) in [5.74, 6) is 0.984. The van der Waals surface area contributed by atoms with Crippen LogP contribution in [0, 0.1) is 5.92 Å². The second kappa shape index (κ2) is 5.89. The number of hydrogen-bond donors (Lipinski definition) is 1. The number of rotatable bonds is 6. The highest BCUT2D eigenvalue weighted by Crippen LogP contribution is 2.33. The molecule has 0 spiro atoms. The maximum Gasteiger partial charge on any atom is 0.0224 e. The van der Waals surface area contributed by atoms with E-state index in [9.17, 15) is 0 Å². The van der Waals surface area contributed by atoms with Gasteiger partial charge in [-0.05, 0) is 51.1 Å². The van der Waals surface area contributed by atoms with Gasteiger partial charge >= 0.3 is 0 Å². The van der Waals surface area contributed by atoms with Crippen molar-refractivity contribution in [2.75, 3.05) is 39.3 Å². The zero-order valence-corrected chi connectivity index (χ0v) is 11.9. The molecule has 0 radical (unpaired) electrons. The van der Waals surface area contributed by atoms with E-state index in [4.69, 9.17) is 0 Å². The maximum absolute atomic E-state index is 3.78. The van der Waals surface area contributed by atoms with Crippen molar-refractivity contribution >= 4 is 0 Å². The Hall–Kier alpha value is -0.120. The van der Waals surface area contributed by atoms with Gasteiger partial charge in [-0.2, -0.15) is 0 Å². The minimum absolute atomic E-state index is 0.776. The second-order valence-corrected chi connectivity index (χ2v) is 6.49. The van der Waals surface area contributed by atoms with Crippen molar-refractivity contribution in [3.63, 3.8) is 0 Å². The van der Waals surface area contributed by atoms with Crippen molar-refractivity contribution in [3.05, 3.63) is 0 Å². The summed E-state index contributed by atoms with van der Waals surface area (Å²) in [5.41, 5.74) is 0. The maximum atomic E-state index is 3.78. The predicted molar refractivity (Wildman–Crippen MR) is 75.8 cm³/mol. The lowest BCUT2D eigenvalue weighted by molar-refractivity contribution is 0.0940. The van der Waals surface area contributed by atoms with Crippen LogP contribution in [-0.4, -0.2) is 61.2 Å². The number of hydrogen-bond acceptors (Lipinski definition) is 3.